The molecule has 1 aromatic carbocycles. The Morgan fingerprint density at radius 2 is 2.16 bits per heavy atom. The first-order valence-corrected chi connectivity index (χ1v) is 6.61. The largest absolute Gasteiger partial charge is 0.497 e. The first-order valence-electron chi connectivity index (χ1n) is 6.61. The van der Waals surface area contributed by atoms with Gasteiger partial charge < -0.3 is 14.7 Å². The molecule has 0 saturated heterocycles. The van der Waals surface area contributed by atoms with Crippen molar-refractivity contribution < 1.29 is 14.6 Å². The average molecular weight is 265 g/mol. The number of benzene rings is 1. The van der Waals surface area contributed by atoms with Crippen LogP contribution in [0.3, 0.4) is 0 Å². The number of nitrogens with zero attached hydrogens (tertiary/aromatic N) is 1. The minimum absolute atomic E-state index is 0.0803. The van der Waals surface area contributed by atoms with E-state index in [2.05, 4.69) is 0 Å². The van der Waals surface area contributed by atoms with Gasteiger partial charge in [0, 0.05) is 19.2 Å². The summed E-state index contributed by atoms with van der Waals surface area (Å²) in [5.74, 6) is 0.841. The second kappa shape index (κ2) is 7.79. The minimum Gasteiger partial charge on any atom is -0.497 e. The molecule has 0 aliphatic heterocycles. The van der Waals surface area contributed by atoms with Crippen LogP contribution in [-0.4, -0.2) is 42.2 Å². The molecule has 0 unspecified atom stereocenters. The maximum atomic E-state index is 12.3. The van der Waals surface area contributed by atoms with Gasteiger partial charge in [0.15, 0.2) is 0 Å². The number of aliphatic hydroxyl groups is 1. The monoisotopic (exact) mass is 265 g/mol. The molecule has 0 atom stereocenters. The summed E-state index contributed by atoms with van der Waals surface area (Å²) in [6.45, 7) is 4.67. The summed E-state index contributed by atoms with van der Waals surface area (Å²) in [6, 6.07) is 7.69. The molecule has 1 N–H and O–H groups in total. The van der Waals surface area contributed by atoms with Crippen molar-refractivity contribution in [1.29, 1.82) is 0 Å². The average Bonchev–Trinajstić information content (AvgIpc) is 2.39. The lowest BCUT2D eigenvalue weighted by Crippen LogP contribution is -2.39. The molecule has 0 bridgehead atoms. The van der Waals surface area contributed by atoms with Crippen LogP contribution in [0.25, 0.3) is 0 Å². The molecule has 0 fully saturated rings. The molecule has 1 amide bonds. The highest BCUT2D eigenvalue weighted by atomic mass is 16.5. The highest BCUT2D eigenvalue weighted by Gasteiger charge is 2.16. The van der Waals surface area contributed by atoms with E-state index in [1.165, 1.54) is 0 Å². The van der Waals surface area contributed by atoms with Crippen LogP contribution in [0.1, 0.15) is 25.8 Å². The van der Waals surface area contributed by atoms with Crippen LogP contribution < -0.4 is 4.74 Å². The molecule has 0 heterocycles. The van der Waals surface area contributed by atoms with E-state index in [0.29, 0.717) is 19.4 Å². The summed E-state index contributed by atoms with van der Waals surface area (Å²) in [5, 5.41) is 8.88. The predicted octanol–water partition coefficient (Wildman–Crippen LogP) is 1.86. The van der Waals surface area contributed by atoms with Gasteiger partial charge in [-0.05, 0) is 38.0 Å². The Kier molecular flexibility index (Phi) is 6.36. The number of methoxy groups -OCH3 is 1. The summed E-state index contributed by atoms with van der Waals surface area (Å²) in [6.07, 6.45) is 0.975. The van der Waals surface area contributed by atoms with Gasteiger partial charge in [-0.1, -0.05) is 12.1 Å². The zero-order valence-electron chi connectivity index (χ0n) is 11.9. The van der Waals surface area contributed by atoms with Crippen molar-refractivity contribution in [3.8, 4) is 5.75 Å². The van der Waals surface area contributed by atoms with Gasteiger partial charge in [-0.2, -0.15) is 0 Å². The Labute approximate surface area is 115 Å². The SMILES string of the molecule is COc1cccc(CC(=O)N(CCCO)C(C)C)c1. The Bertz CT molecular complexity index is 404. The molecular weight excluding hydrogens is 242 g/mol. The molecule has 4 nitrogen and oxygen atoms in total. The van der Waals surface area contributed by atoms with Gasteiger partial charge in [-0.3, -0.25) is 4.79 Å². The van der Waals surface area contributed by atoms with Crippen molar-refractivity contribution in [2.75, 3.05) is 20.3 Å². The lowest BCUT2D eigenvalue weighted by molar-refractivity contribution is -0.132. The molecular formula is C15H23NO3. The third kappa shape index (κ3) is 4.91. The summed E-state index contributed by atoms with van der Waals surface area (Å²) in [5.41, 5.74) is 0.944. The molecule has 106 valence electrons. The molecule has 0 spiro atoms. The van der Waals surface area contributed by atoms with Crippen LogP contribution in [0.5, 0.6) is 5.75 Å². The predicted molar refractivity (Wildman–Crippen MR) is 75.2 cm³/mol. The number of ether oxygens (including phenoxy) is 1. The fourth-order valence-corrected chi connectivity index (χ4v) is 1.97. The van der Waals surface area contributed by atoms with Gasteiger partial charge in [-0.15, -0.1) is 0 Å². The molecule has 1 rings (SSSR count). The smallest absolute Gasteiger partial charge is 0.227 e. The van der Waals surface area contributed by atoms with Crippen LogP contribution >= 0.6 is 0 Å². The first-order chi connectivity index (χ1) is 9.08. The van der Waals surface area contributed by atoms with Crippen molar-refractivity contribution >= 4 is 5.91 Å². The third-order valence-corrected chi connectivity index (χ3v) is 2.99. The fraction of sp³-hybridized carbons (Fsp3) is 0.533. The second-order valence-corrected chi connectivity index (χ2v) is 4.79. The quantitative estimate of drug-likeness (QED) is 0.818. The molecule has 0 saturated carbocycles. The molecule has 0 aliphatic rings. The topological polar surface area (TPSA) is 49.8 Å². The number of carbonyl (C=O) groups is 1. The number of rotatable bonds is 7. The standard InChI is InChI=1S/C15H23NO3/c1-12(2)16(8-5-9-17)15(18)11-13-6-4-7-14(10-13)19-3/h4,6-7,10,12,17H,5,8-9,11H2,1-3H3. The van der Waals surface area contributed by atoms with Crippen LogP contribution in [0.15, 0.2) is 24.3 Å². The highest BCUT2D eigenvalue weighted by Crippen LogP contribution is 2.14. The first kappa shape index (κ1) is 15.5. The summed E-state index contributed by atoms with van der Waals surface area (Å²) >= 11 is 0. The van der Waals surface area contributed by atoms with E-state index in [-0.39, 0.29) is 18.6 Å². The van der Waals surface area contributed by atoms with E-state index in [0.717, 1.165) is 11.3 Å². The Morgan fingerprint density at radius 3 is 2.74 bits per heavy atom. The van der Waals surface area contributed by atoms with Crippen molar-refractivity contribution in [2.45, 2.75) is 32.7 Å². The van der Waals surface area contributed by atoms with E-state index in [9.17, 15) is 4.79 Å². The van der Waals surface area contributed by atoms with E-state index < -0.39 is 0 Å². The van der Waals surface area contributed by atoms with Crippen LogP contribution in [0.4, 0.5) is 0 Å². The fourth-order valence-electron chi connectivity index (χ4n) is 1.97. The summed E-state index contributed by atoms with van der Waals surface area (Å²) in [7, 11) is 1.61. The van der Waals surface area contributed by atoms with Crippen LogP contribution in [-0.2, 0) is 11.2 Å². The number of amides is 1. The van der Waals surface area contributed by atoms with Crippen LogP contribution in [0.2, 0.25) is 0 Å². The maximum Gasteiger partial charge on any atom is 0.227 e. The minimum atomic E-state index is 0.0803. The van der Waals surface area contributed by atoms with E-state index in [4.69, 9.17) is 9.84 Å². The van der Waals surface area contributed by atoms with E-state index >= 15 is 0 Å². The van der Waals surface area contributed by atoms with Crippen molar-refractivity contribution in [2.24, 2.45) is 0 Å². The molecule has 0 aromatic heterocycles. The normalized spacial score (nSPS) is 10.6. The zero-order chi connectivity index (χ0) is 14.3. The maximum absolute atomic E-state index is 12.3. The lowest BCUT2D eigenvalue weighted by atomic mass is 10.1. The van der Waals surface area contributed by atoms with Crippen molar-refractivity contribution in [1.82, 2.24) is 4.90 Å². The third-order valence-electron chi connectivity index (χ3n) is 2.99. The van der Waals surface area contributed by atoms with Crippen molar-refractivity contribution in [3.05, 3.63) is 29.8 Å². The lowest BCUT2D eigenvalue weighted by Gasteiger charge is -2.26. The van der Waals surface area contributed by atoms with Gasteiger partial charge in [0.25, 0.3) is 0 Å². The van der Waals surface area contributed by atoms with Crippen molar-refractivity contribution in [3.63, 3.8) is 0 Å². The Morgan fingerprint density at radius 1 is 1.42 bits per heavy atom. The molecule has 4 heteroatoms. The molecule has 1 aromatic rings. The summed E-state index contributed by atoms with van der Waals surface area (Å²) in [4.78, 5) is 14.1. The van der Waals surface area contributed by atoms with E-state index in [1.54, 1.807) is 12.0 Å². The van der Waals surface area contributed by atoms with Gasteiger partial charge in [-0.25, -0.2) is 0 Å². The number of hydrogen-bond donors (Lipinski definition) is 1. The Hall–Kier alpha value is -1.55. The van der Waals surface area contributed by atoms with Gasteiger partial charge in [0.2, 0.25) is 5.91 Å². The molecule has 19 heavy (non-hydrogen) atoms. The number of carbonyl (C=O) groups excluding carboxylic acids is 1. The van der Waals surface area contributed by atoms with Gasteiger partial charge >= 0.3 is 0 Å². The van der Waals surface area contributed by atoms with Crippen LogP contribution in [0, 0.1) is 0 Å². The number of aliphatic hydroxyl groups excluding tert-OH is 1. The van der Waals surface area contributed by atoms with E-state index in [1.807, 2.05) is 38.1 Å². The highest BCUT2D eigenvalue weighted by molar-refractivity contribution is 5.79. The summed E-state index contributed by atoms with van der Waals surface area (Å²) < 4.78 is 5.15. The Balaban J connectivity index is 2.69. The molecule has 0 aliphatic carbocycles. The molecule has 0 radical (unpaired) electrons. The number of hydrogen-bond acceptors (Lipinski definition) is 3. The van der Waals surface area contributed by atoms with Gasteiger partial charge in [0.05, 0.1) is 13.5 Å². The second-order valence-electron chi connectivity index (χ2n) is 4.79. The van der Waals surface area contributed by atoms with Gasteiger partial charge in [0.1, 0.15) is 5.75 Å². The zero-order valence-corrected chi connectivity index (χ0v) is 11.9.